The number of aromatic nitrogens is 3. The van der Waals surface area contributed by atoms with E-state index in [-0.39, 0.29) is 17.3 Å². The number of ether oxygens (including phenoxy) is 1. The predicted octanol–water partition coefficient (Wildman–Crippen LogP) is 4.55. The van der Waals surface area contributed by atoms with Gasteiger partial charge in [0.2, 0.25) is 0 Å². The highest BCUT2D eigenvalue weighted by atomic mass is 32.1. The van der Waals surface area contributed by atoms with Crippen molar-refractivity contribution in [3.05, 3.63) is 75.6 Å². The molecule has 170 valence electrons. The van der Waals surface area contributed by atoms with Gasteiger partial charge in [0.1, 0.15) is 0 Å². The van der Waals surface area contributed by atoms with E-state index in [1.54, 1.807) is 17.5 Å². The average Bonchev–Trinajstić information content (AvgIpc) is 3.56. The largest absolute Gasteiger partial charge is 0.450 e. The lowest BCUT2D eigenvalue weighted by Crippen LogP contribution is -2.28. The molecule has 3 heterocycles. The Labute approximate surface area is 193 Å². The topological polar surface area (TPSA) is 86.1 Å². The lowest BCUT2D eigenvalue weighted by molar-refractivity contribution is -0.137. The first-order chi connectivity index (χ1) is 15.8. The molecule has 0 aliphatic rings. The maximum absolute atomic E-state index is 13.2. The maximum Gasteiger partial charge on any atom is 0.416 e. The molecule has 1 aromatic carbocycles. The number of amides is 1. The number of thiophene rings is 2. The molecule has 1 amide bonds. The van der Waals surface area contributed by atoms with E-state index < -0.39 is 30.2 Å². The van der Waals surface area contributed by atoms with Crippen molar-refractivity contribution in [3.63, 3.8) is 0 Å². The van der Waals surface area contributed by atoms with E-state index in [9.17, 15) is 22.8 Å². The lowest BCUT2D eigenvalue weighted by Gasteiger charge is -2.09. The normalized spacial score (nSPS) is 11.4. The fourth-order valence-electron chi connectivity index (χ4n) is 2.80. The zero-order chi connectivity index (χ0) is 23.4. The molecule has 4 rings (SSSR count). The second kappa shape index (κ2) is 9.55. The molecule has 0 saturated carbocycles. The van der Waals surface area contributed by atoms with Crippen LogP contribution in [0.15, 0.2) is 59.3 Å². The standard InChI is InChI=1S/C21H15F3N4O3S2/c22-21(23,24)13-4-1-5-14(10-13)28-19(16-7-3-9-33-16)26-18(27-28)20(30)31-12-17(29)25-11-15-6-2-8-32-15/h1-10H,11-12H2,(H,25,29). The maximum atomic E-state index is 13.2. The number of esters is 1. The average molecular weight is 493 g/mol. The van der Waals surface area contributed by atoms with Gasteiger partial charge in [0.15, 0.2) is 12.4 Å². The van der Waals surface area contributed by atoms with Crippen molar-refractivity contribution in [3.8, 4) is 16.4 Å². The van der Waals surface area contributed by atoms with E-state index >= 15 is 0 Å². The Morgan fingerprint density at radius 2 is 1.85 bits per heavy atom. The molecule has 4 aromatic rings. The van der Waals surface area contributed by atoms with Gasteiger partial charge in [0.25, 0.3) is 11.7 Å². The number of carbonyl (C=O) groups excluding carboxylic acids is 2. The minimum absolute atomic E-state index is 0.0773. The van der Waals surface area contributed by atoms with Gasteiger partial charge in [-0.1, -0.05) is 18.2 Å². The number of nitrogens with one attached hydrogen (secondary N) is 1. The van der Waals surface area contributed by atoms with Crippen LogP contribution in [0.3, 0.4) is 0 Å². The highest BCUT2D eigenvalue weighted by molar-refractivity contribution is 7.13. The number of benzene rings is 1. The summed E-state index contributed by atoms with van der Waals surface area (Å²) >= 11 is 2.76. The van der Waals surface area contributed by atoms with Crippen molar-refractivity contribution in [2.24, 2.45) is 0 Å². The Bertz CT molecular complexity index is 1250. The summed E-state index contributed by atoms with van der Waals surface area (Å²) in [6, 6.07) is 11.7. The van der Waals surface area contributed by atoms with Gasteiger partial charge in [0.05, 0.1) is 22.7 Å². The van der Waals surface area contributed by atoms with Crippen LogP contribution in [-0.4, -0.2) is 33.2 Å². The van der Waals surface area contributed by atoms with Crippen LogP contribution in [0, 0.1) is 0 Å². The van der Waals surface area contributed by atoms with Crippen LogP contribution in [0.1, 0.15) is 21.1 Å². The Morgan fingerprint density at radius 1 is 1.06 bits per heavy atom. The van der Waals surface area contributed by atoms with E-state index in [0.717, 1.165) is 21.7 Å². The second-order valence-electron chi connectivity index (χ2n) is 6.63. The molecule has 0 unspecified atom stereocenters. The van der Waals surface area contributed by atoms with Crippen LogP contribution >= 0.6 is 22.7 Å². The fourth-order valence-corrected chi connectivity index (χ4v) is 4.15. The van der Waals surface area contributed by atoms with Crippen LogP contribution in [0.25, 0.3) is 16.4 Å². The third kappa shape index (κ3) is 5.46. The molecule has 7 nitrogen and oxygen atoms in total. The summed E-state index contributed by atoms with van der Waals surface area (Å²) in [5, 5.41) is 10.3. The van der Waals surface area contributed by atoms with Crippen molar-refractivity contribution in [2.45, 2.75) is 12.7 Å². The smallest absolute Gasteiger partial charge is 0.416 e. The quantitative estimate of drug-likeness (QED) is 0.383. The third-order valence-electron chi connectivity index (χ3n) is 4.32. The molecule has 0 aliphatic carbocycles. The zero-order valence-corrected chi connectivity index (χ0v) is 18.3. The molecular weight excluding hydrogens is 477 g/mol. The summed E-state index contributed by atoms with van der Waals surface area (Å²) in [7, 11) is 0. The van der Waals surface area contributed by atoms with E-state index in [1.807, 2.05) is 17.5 Å². The first-order valence-electron chi connectivity index (χ1n) is 9.46. The first kappa shape index (κ1) is 22.7. The summed E-state index contributed by atoms with van der Waals surface area (Å²) in [6.45, 7) is -0.240. The van der Waals surface area contributed by atoms with Crippen molar-refractivity contribution < 1.29 is 27.5 Å². The van der Waals surface area contributed by atoms with E-state index in [1.165, 1.54) is 34.8 Å². The molecule has 12 heteroatoms. The van der Waals surface area contributed by atoms with Crippen molar-refractivity contribution >= 4 is 34.6 Å². The van der Waals surface area contributed by atoms with Gasteiger partial charge in [-0.2, -0.15) is 18.2 Å². The fraction of sp³-hybridized carbons (Fsp3) is 0.143. The number of nitrogens with zero attached hydrogens (tertiary/aromatic N) is 3. The molecule has 0 spiro atoms. The summed E-state index contributed by atoms with van der Waals surface area (Å²) < 4.78 is 45.6. The minimum Gasteiger partial charge on any atom is -0.450 e. The van der Waals surface area contributed by atoms with Gasteiger partial charge in [-0.25, -0.2) is 9.48 Å². The number of halogens is 3. The van der Waals surface area contributed by atoms with Gasteiger partial charge in [-0.05, 0) is 41.1 Å². The molecule has 1 N–H and O–H groups in total. The molecule has 0 atom stereocenters. The van der Waals surface area contributed by atoms with E-state index in [4.69, 9.17) is 4.74 Å². The first-order valence-corrected chi connectivity index (χ1v) is 11.2. The molecule has 0 fully saturated rings. The molecule has 0 saturated heterocycles. The molecule has 0 aliphatic heterocycles. The Kier molecular flexibility index (Phi) is 6.56. The van der Waals surface area contributed by atoms with Crippen molar-refractivity contribution in [1.82, 2.24) is 20.1 Å². The Hall–Kier alpha value is -3.51. The number of alkyl halides is 3. The van der Waals surface area contributed by atoms with Crippen LogP contribution in [-0.2, 0) is 22.3 Å². The minimum atomic E-state index is -4.54. The van der Waals surface area contributed by atoms with Gasteiger partial charge in [0, 0.05) is 4.88 Å². The second-order valence-corrected chi connectivity index (χ2v) is 8.61. The third-order valence-corrected chi connectivity index (χ3v) is 6.07. The Balaban J connectivity index is 1.53. The van der Waals surface area contributed by atoms with Crippen LogP contribution in [0.5, 0.6) is 0 Å². The van der Waals surface area contributed by atoms with E-state index in [2.05, 4.69) is 15.4 Å². The van der Waals surface area contributed by atoms with Crippen LogP contribution < -0.4 is 5.32 Å². The van der Waals surface area contributed by atoms with E-state index in [0.29, 0.717) is 11.4 Å². The molecule has 3 aromatic heterocycles. The Morgan fingerprint density at radius 3 is 2.55 bits per heavy atom. The number of carbonyl (C=O) groups is 2. The SMILES string of the molecule is O=C(COC(=O)c1nc(-c2cccs2)n(-c2cccc(C(F)(F)F)c2)n1)NCc1cccs1. The monoisotopic (exact) mass is 492 g/mol. The van der Waals surface area contributed by atoms with Gasteiger partial charge in [-0.3, -0.25) is 4.79 Å². The van der Waals surface area contributed by atoms with Gasteiger partial charge in [-0.15, -0.1) is 27.8 Å². The molecule has 0 bridgehead atoms. The highest BCUT2D eigenvalue weighted by Crippen LogP contribution is 2.32. The summed E-state index contributed by atoms with van der Waals surface area (Å²) in [5.74, 6) is -1.67. The summed E-state index contributed by atoms with van der Waals surface area (Å²) in [6.07, 6.45) is -4.54. The molecular formula is C21H15F3N4O3S2. The molecule has 33 heavy (non-hydrogen) atoms. The number of hydrogen-bond acceptors (Lipinski definition) is 7. The van der Waals surface area contributed by atoms with Crippen LogP contribution in [0.4, 0.5) is 13.2 Å². The lowest BCUT2D eigenvalue weighted by atomic mass is 10.2. The van der Waals surface area contributed by atoms with Gasteiger partial charge >= 0.3 is 12.1 Å². The van der Waals surface area contributed by atoms with Crippen molar-refractivity contribution in [2.75, 3.05) is 6.61 Å². The molecule has 0 radical (unpaired) electrons. The predicted molar refractivity (Wildman–Crippen MR) is 116 cm³/mol. The number of hydrogen-bond donors (Lipinski definition) is 1. The van der Waals surface area contributed by atoms with Crippen molar-refractivity contribution in [1.29, 1.82) is 0 Å². The summed E-state index contributed by atoms with van der Waals surface area (Å²) in [4.78, 5) is 30.1. The summed E-state index contributed by atoms with van der Waals surface area (Å²) in [5.41, 5.74) is -0.785. The highest BCUT2D eigenvalue weighted by Gasteiger charge is 2.31. The number of rotatable bonds is 7. The zero-order valence-electron chi connectivity index (χ0n) is 16.7. The van der Waals surface area contributed by atoms with Crippen LogP contribution in [0.2, 0.25) is 0 Å². The van der Waals surface area contributed by atoms with Gasteiger partial charge < -0.3 is 10.1 Å².